The third kappa shape index (κ3) is 2.80. The van der Waals surface area contributed by atoms with Gasteiger partial charge in [-0.05, 0) is 36.6 Å². The van der Waals surface area contributed by atoms with Crippen molar-refractivity contribution in [3.8, 4) is 39.9 Å². The van der Waals surface area contributed by atoms with Gasteiger partial charge >= 0.3 is 0 Å². The van der Waals surface area contributed by atoms with Crippen molar-refractivity contribution in [2.75, 3.05) is 28.4 Å². The van der Waals surface area contributed by atoms with Crippen LogP contribution in [0.25, 0.3) is 22.0 Å². The predicted octanol–water partition coefficient (Wildman–Crippen LogP) is 4.20. The number of aryl methyl sites for hydroxylation is 1. The van der Waals surface area contributed by atoms with E-state index in [1.54, 1.807) is 28.4 Å². The molecule has 0 bridgehead atoms. The zero-order valence-corrected chi connectivity index (χ0v) is 17.4. The van der Waals surface area contributed by atoms with E-state index in [0.29, 0.717) is 28.7 Å². The van der Waals surface area contributed by atoms with Crippen LogP contribution in [-0.4, -0.2) is 33.4 Å². The Balaban J connectivity index is 1.99. The van der Waals surface area contributed by atoms with Crippen LogP contribution >= 0.6 is 9.47 Å². The molecule has 1 aliphatic rings. The van der Waals surface area contributed by atoms with Crippen LogP contribution in [0.5, 0.6) is 28.7 Å². The first kappa shape index (κ1) is 18.6. The van der Waals surface area contributed by atoms with Gasteiger partial charge in [0.25, 0.3) is 0 Å². The van der Waals surface area contributed by atoms with Crippen molar-refractivity contribution in [2.24, 2.45) is 0 Å². The van der Waals surface area contributed by atoms with Crippen molar-refractivity contribution in [1.29, 1.82) is 0 Å². The second-order valence-corrected chi connectivity index (χ2v) is 6.70. The SMILES string of the molecule is COc1cc2cc3c(nc2cc1OC)CCc1c-3cc(OP)c(OC)c1OC. The highest BCUT2D eigenvalue weighted by molar-refractivity contribution is 7.10. The fraction of sp³-hybridized carbons (Fsp3) is 0.286. The summed E-state index contributed by atoms with van der Waals surface area (Å²) >= 11 is 0. The maximum absolute atomic E-state index is 5.68. The Morgan fingerprint density at radius 3 is 2.11 bits per heavy atom. The number of hydrogen-bond donors (Lipinski definition) is 0. The largest absolute Gasteiger partial charge is 0.493 e. The van der Waals surface area contributed by atoms with Crippen LogP contribution in [0, 0.1) is 0 Å². The lowest BCUT2D eigenvalue weighted by Crippen LogP contribution is -2.09. The number of pyridine rings is 1. The molecule has 2 aromatic carbocycles. The summed E-state index contributed by atoms with van der Waals surface area (Å²) in [4.78, 5) is 4.90. The first-order chi connectivity index (χ1) is 13.6. The van der Waals surface area contributed by atoms with Crippen LogP contribution in [-0.2, 0) is 12.8 Å². The molecule has 0 radical (unpaired) electrons. The van der Waals surface area contributed by atoms with E-state index in [-0.39, 0.29) is 0 Å². The summed E-state index contributed by atoms with van der Waals surface area (Å²) < 4.78 is 27.5. The number of rotatable bonds is 5. The molecule has 1 aliphatic carbocycles. The van der Waals surface area contributed by atoms with Gasteiger partial charge in [-0.1, -0.05) is 0 Å². The quantitative estimate of drug-likeness (QED) is 0.600. The second kappa shape index (κ2) is 7.36. The standard InChI is InChI=1S/C21H22NO5P/c1-23-17-8-11-7-14-13-9-19(27-28)21(26-4)20(25-3)12(13)5-6-15(14)22-16(11)10-18(17)24-2/h7-10H,5-6,28H2,1-4H3. The molecule has 1 aromatic heterocycles. The fourth-order valence-corrected chi connectivity index (χ4v) is 4.02. The molecule has 4 rings (SSSR count). The Morgan fingerprint density at radius 2 is 1.46 bits per heavy atom. The summed E-state index contributed by atoms with van der Waals surface area (Å²) in [6.07, 6.45) is 1.62. The Hall–Kier alpha value is -2.72. The van der Waals surface area contributed by atoms with Gasteiger partial charge in [0.2, 0.25) is 5.75 Å². The zero-order chi connectivity index (χ0) is 19.8. The molecule has 146 valence electrons. The molecule has 0 aliphatic heterocycles. The summed E-state index contributed by atoms with van der Waals surface area (Å²) in [7, 11) is 8.79. The van der Waals surface area contributed by atoms with Gasteiger partial charge in [0.05, 0.1) is 43.4 Å². The maximum Gasteiger partial charge on any atom is 0.203 e. The smallest absolute Gasteiger partial charge is 0.203 e. The molecular weight excluding hydrogens is 377 g/mol. The minimum absolute atomic E-state index is 0.597. The van der Waals surface area contributed by atoms with E-state index in [1.165, 1.54) is 0 Å². The van der Waals surface area contributed by atoms with Crippen LogP contribution in [0.1, 0.15) is 11.3 Å². The first-order valence-corrected chi connectivity index (χ1v) is 9.32. The molecule has 28 heavy (non-hydrogen) atoms. The lowest BCUT2D eigenvalue weighted by atomic mass is 9.86. The molecule has 1 atom stereocenters. The van der Waals surface area contributed by atoms with Gasteiger partial charge in [-0.25, -0.2) is 0 Å². The van der Waals surface area contributed by atoms with Gasteiger partial charge in [-0.15, -0.1) is 0 Å². The molecule has 0 saturated carbocycles. The number of fused-ring (bicyclic) bond motifs is 4. The lowest BCUT2D eigenvalue weighted by Gasteiger charge is -2.24. The van der Waals surface area contributed by atoms with E-state index in [2.05, 4.69) is 15.5 Å². The zero-order valence-electron chi connectivity index (χ0n) is 16.3. The molecule has 6 nitrogen and oxygen atoms in total. The van der Waals surface area contributed by atoms with Gasteiger partial charge in [-0.3, -0.25) is 4.98 Å². The van der Waals surface area contributed by atoms with E-state index in [1.807, 2.05) is 18.2 Å². The first-order valence-electron chi connectivity index (χ1n) is 8.85. The van der Waals surface area contributed by atoms with Crippen LogP contribution < -0.4 is 23.5 Å². The van der Waals surface area contributed by atoms with Gasteiger partial charge < -0.3 is 23.5 Å². The molecule has 0 amide bonds. The Morgan fingerprint density at radius 1 is 0.750 bits per heavy atom. The summed E-state index contributed by atoms with van der Waals surface area (Å²) in [5, 5.41) is 0.979. The third-order valence-corrected chi connectivity index (χ3v) is 5.39. The summed E-state index contributed by atoms with van der Waals surface area (Å²) in [6, 6.07) is 7.98. The number of aromatic nitrogens is 1. The molecule has 0 N–H and O–H groups in total. The van der Waals surface area contributed by atoms with Gasteiger partial charge in [0.15, 0.2) is 23.0 Å². The van der Waals surface area contributed by atoms with Crippen molar-refractivity contribution < 1.29 is 23.5 Å². The van der Waals surface area contributed by atoms with Crippen LogP contribution in [0.3, 0.4) is 0 Å². The van der Waals surface area contributed by atoms with Crippen LogP contribution in [0.15, 0.2) is 24.3 Å². The van der Waals surface area contributed by atoms with Gasteiger partial charge in [-0.2, -0.15) is 0 Å². The normalized spacial score (nSPS) is 12.2. The Labute approximate surface area is 166 Å². The van der Waals surface area contributed by atoms with E-state index in [4.69, 9.17) is 28.5 Å². The fourth-order valence-electron chi connectivity index (χ4n) is 3.85. The molecule has 0 spiro atoms. The van der Waals surface area contributed by atoms with Crippen molar-refractivity contribution in [2.45, 2.75) is 12.8 Å². The molecular formula is C21H22NO5P. The van der Waals surface area contributed by atoms with Crippen molar-refractivity contribution >= 4 is 20.4 Å². The van der Waals surface area contributed by atoms with Crippen LogP contribution in [0.4, 0.5) is 0 Å². The van der Waals surface area contributed by atoms with Crippen molar-refractivity contribution in [1.82, 2.24) is 4.98 Å². The highest BCUT2D eigenvalue weighted by atomic mass is 31.0. The topological polar surface area (TPSA) is 59.0 Å². The molecule has 7 heteroatoms. The summed E-state index contributed by atoms with van der Waals surface area (Å²) in [5.41, 5.74) is 5.11. The number of ether oxygens (including phenoxy) is 4. The van der Waals surface area contributed by atoms with E-state index < -0.39 is 0 Å². The predicted molar refractivity (Wildman–Crippen MR) is 111 cm³/mol. The molecule has 3 aromatic rings. The number of nitrogens with zero attached hydrogens (tertiary/aromatic N) is 1. The van der Waals surface area contributed by atoms with Crippen molar-refractivity contribution in [3.05, 3.63) is 35.5 Å². The average molecular weight is 399 g/mol. The van der Waals surface area contributed by atoms with E-state index in [0.717, 1.165) is 46.1 Å². The van der Waals surface area contributed by atoms with Crippen LogP contribution in [0.2, 0.25) is 0 Å². The number of hydrogen-bond acceptors (Lipinski definition) is 6. The highest BCUT2D eigenvalue weighted by Crippen LogP contribution is 2.49. The third-order valence-electron chi connectivity index (χ3n) is 5.14. The minimum Gasteiger partial charge on any atom is -0.493 e. The minimum atomic E-state index is 0.597. The lowest BCUT2D eigenvalue weighted by molar-refractivity contribution is 0.343. The van der Waals surface area contributed by atoms with E-state index in [9.17, 15) is 0 Å². The van der Waals surface area contributed by atoms with E-state index >= 15 is 0 Å². The molecule has 1 unspecified atom stereocenters. The average Bonchev–Trinajstić information content (AvgIpc) is 2.74. The van der Waals surface area contributed by atoms with Gasteiger partial charge in [0.1, 0.15) is 0 Å². The molecule has 0 fully saturated rings. The monoisotopic (exact) mass is 399 g/mol. The Kier molecular flexibility index (Phi) is 4.90. The molecule has 1 heterocycles. The maximum atomic E-state index is 5.68. The summed E-state index contributed by atoms with van der Waals surface area (Å²) in [5.74, 6) is 3.25. The number of methoxy groups -OCH3 is 4. The number of benzene rings is 2. The van der Waals surface area contributed by atoms with Crippen molar-refractivity contribution in [3.63, 3.8) is 0 Å². The highest BCUT2D eigenvalue weighted by Gasteiger charge is 2.27. The second-order valence-electron chi connectivity index (χ2n) is 6.47. The van der Waals surface area contributed by atoms with Gasteiger partial charge in [0, 0.05) is 28.3 Å². The molecule has 0 saturated heterocycles. The summed E-state index contributed by atoms with van der Waals surface area (Å²) in [6.45, 7) is 0. The Bertz CT molecular complexity index is 1070.